The van der Waals surface area contributed by atoms with Gasteiger partial charge in [-0.3, -0.25) is 9.80 Å². The molecule has 4 atom stereocenters. The summed E-state index contributed by atoms with van der Waals surface area (Å²) in [5, 5.41) is 3.75. The Morgan fingerprint density at radius 1 is 1.10 bits per heavy atom. The smallest absolute Gasteiger partial charge is 0.0247 e. The fourth-order valence-corrected chi connectivity index (χ4v) is 4.44. The van der Waals surface area contributed by atoms with Gasteiger partial charge in [-0.05, 0) is 45.7 Å². The van der Waals surface area contributed by atoms with Crippen LogP contribution in [0.4, 0.5) is 0 Å². The zero-order valence-electron chi connectivity index (χ0n) is 14.1. The lowest BCUT2D eigenvalue weighted by Crippen LogP contribution is -2.52. The molecule has 3 heteroatoms. The monoisotopic (exact) mass is 281 g/mol. The maximum absolute atomic E-state index is 3.75. The third kappa shape index (κ3) is 3.55. The summed E-state index contributed by atoms with van der Waals surface area (Å²) < 4.78 is 0. The second-order valence-corrected chi connectivity index (χ2v) is 6.76. The van der Waals surface area contributed by atoms with Crippen LogP contribution in [0.25, 0.3) is 0 Å². The van der Waals surface area contributed by atoms with Gasteiger partial charge in [0, 0.05) is 37.3 Å². The molecule has 0 aliphatic carbocycles. The van der Waals surface area contributed by atoms with Gasteiger partial charge < -0.3 is 5.32 Å². The van der Waals surface area contributed by atoms with Gasteiger partial charge in [0.2, 0.25) is 0 Å². The SMILES string of the molecule is CCCC(NCC)C(CC)N1CCC2CCC(C1)N2C. The maximum Gasteiger partial charge on any atom is 0.0247 e. The highest BCUT2D eigenvalue weighted by molar-refractivity contribution is 4.94. The summed E-state index contributed by atoms with van der Waals surface area (Å²) >= 11 is 0. The quantitative estimate of drug-likeness (QED) is 0.774. The van der Waals surface area contributed by atoms with Crippen LogP contribution in [0.3, 0.4) is 0 Å². The second-order valence-electron chi connectivity index (χ2n) is 6.76. The predicted molar refractivity (Wildman–Crippen MR) is 87.2 cm³/mol. The summed E-state index contributed by atoms with van der Waals surface area (Å²) in [7, 11) is 2.35. The van der Waals surface area contributed by atoms with E-state index in [4.69, 9.17) is 0 Å². The van der Waals surface area contributed by atoms with Crippen LogP contribution in [0.1, 0.15) is 59.3 Å². The van der Waals surface area contributed by atoms with Gasteiger partial charge in [0.05, 0.1) is 0 Å². The topological polar surface area (TPSA) is 18.5 Å². The van der Waals surface area contributed by atoms with E-state index in [-0.39, 0.29) is 0 Å². The van der Waals surface area contributed by atoms with Crippen molar-refractivity contribution in [3.8, 4) is 0 Å². The molecule has 2 heterocycles. The minimum absolute atomic E-state index is 0.678. The summed E-state index contributed by atoms with van der Waals surface area (Å²) in [6.45, 7) is 10.6. The van der Waals surface area contributed by atoms with E-state index in [1.807, 2.05) is 0 Å². The minimum atomic E-state index is 0.678. The number of hydrogen-bond acceptors (Lipinski definition) is 3. The second kappa shape index (κ2) is 7.77. The molecule has 4 unspecified atom stereocenters. The predicted octanol–water partition coefficient (Wildman–Crippen LogP) is 2.71. The number of nitrogens with zero attached hydrogens (tertiary/aromatic N) is 2. The van der Waals surface area contributed by atoms with Gasteiger partial charge in [0.25, 0.3) is 0 Å². The normalized spacial score (nSPS) is 31.2. The Labute approximate surface area is 126 Å². The van der Waals surface area contributed by atoms with Crippen LogP contribution in [0, 0.1) is 0 Å². The average molecular weight is 281 g/mol. The molecular weight excluding hydrogens is 246 g/mol. The van der Waals surface area contributed by atoms with Crippen LogP contribution in [-0.4, -0.2) is 60.6 Å². The maximum atomic E-state index is 3.75. The Balaban J connectivity index is 2.02. The van der Waals surface area contributed by atoms with Crippen molar-refractivity contribution in [2.75, 3.05) is 26.7 Å². The molecule has 20 heavy (non-hydrogen) atoms. The first-order valence-electron chi connectivity index (χ1n) is 8.90. The van der Waals surface area contributed by atoms with E-state index in [1.54, 1.807) is 0 Å². The summed E-state index contributed by atoms with van der Waals surface area (Å²) in [5.41, 5.74) is 0. The van der Waals surface area contributed by atoms with Crippen LogP contribution in [0.5, 0.6) is 0 Å². The van der Waals surface area contributed by atoms with E-state index in [9.17, 15) is 0 Å². The summed E-state index contributed by atoms with van der Waals surface area (Å²) in [6.07, 6.45) is 8.08. The first-order chi connectivity index (χ1) is 9.71. The number of hydrogen-bond donors (Lipinski definition) is 1. The Hall–Kier alpha value is -0.120. The summed E-state index contributed by atoms with van der Waals surface area (Å²) in [6, 6.07) is 3.06. The number of likely N-dealkylation sites (N-methyl/N-ethyl adjacent to an activating group) is 2. The third-order valence-corrected chi connectivity index (χ3v) is 5.60. The zero-order chi connectivity index (χ0) is 14.5. The highest BCUT2D eigenvalue weighted by Crippen LogP contribution is 2.30. The van der Waals surface area contributed by atoms with E-state index >= 15 is 0 Å². The van der Waals surface area contributed by atoms with Crippen molar-refractivity contribution in [3.05, 3.63) is 0 Å². The first-order valence-corrected chi connectivity index (χ1v) is 8.90. The number of fused-ring (bicyclic) bond motifs is 2. The van der Waals surface area contributed by atoms with Gasteiger partial charge in [0.1, 0.15) is 0 Å². The summed E-state index contributed by atoms with van der Waals surface area (Å²) in [5.74, 6) is 0. The molecule has 2 aliphatic rings. The van der Waals surface area contributed by atoms with Crippen LogP contribution < -0.4 is 5.32 Å². The van der Waals surface area contributed by atoms with Crippen molar-refractivity contribution in [1.29, 1.82) is 0 Å². The van der Waals surface area contributed by atoms with Gasteiger partial charge in [-0.2, -0.15) is 0 Å². The van der Waals surface area contributed by atoms with Gasteiger partial charge >= 0.3 is 0 Å². The van der Waals surface area contributed by atoms with Crippen LogP contribution in [0.2, 0.25) is 0 Å². The molecule has 0 spiro atoms. The Bertz CT molecular complexity index is 275. The van der Waals surface area contributed by atoms with E-state index in [0.717, 1.165) is 24.7 Å². The molecule has 0 saturated carbocycles. The van der Waals surface area contributed by atoms with Gasteiger partial charge in [-0.1, -0.05) is 27.2 Å². The van der Waals surface area contributed by atoms with Crippen molar-refractivity contribution in [2.24, 2.45) is 0 Å². The Morgan fingerprint density at radius 3 is 2.50 bits per heavy atom. The molecule has 2 saturated heterocycles. The molecule has 118 valence electrons. The molecule has 3 nitrogen and oxygen atoms in total. The fraction of sp³-hybridized carbons (Fsp3) is 1.00. The first kappa shape index (κ1) is 16.3. The molecule has 0 aromatic rings. The molecule has 2 fully saturated rings. The van der Waals surface area contributed by atoms with Crippen molar-refractivity contribution in [3.63, 3.8) is 0 Å². The van der Waals surface area contributed by atoms with Crippen molar-refractivity contribution < 1.29 is 0 Å². The molecule has 0 aromatic heterocycles. The van der Waals surface area contributed by atoms with E-state index in [1.165, 1.54) is 51.6 Å². The van der Waals surface area contributed by atoms with E-state index in [0.29, 0.717) is 6.04 Å². The lowest BCUT2D eigenvalue weighted by Gasteiger charge is -2.38. The Kier molecular flexibility index (Phi) is 6.31. The average Bonchev–Trinajstić information content (AvgIpc) is 2.67. The molecule has 0 amide bonds. The van der Waals surface area contributed by atoms with Crippen LogP contribution in [-0.2, 0) is 0 Å². The van der Waals surface area contributed by atoms with E-state index < -0.39 is 0 Å². The van der Waals surface area contributed by atoms with Crippen molar-refractivity contribution in [2.45, 2.75) is 83.5 Å². The molecule has 2 rings (SSSR count). The standard InChI is InChI=1S/C17H35N3/c1-5-8-16(18-7-3)17(6-2)20-12-11-14-9-10-15(13-20)19(14)4/h14-18H,5-13H2,1-4H3. The van der Waals surface area contributed by atoms with Crippen molar-refractivity contribution >= 4 is 0 Å². The highest BCUT2D eigenvalue weighted by Gasteiger charge is 2.37. The van der Waals surface area contributed by atoms with Gasteiger partial charge in [-0.25, -0.2) is 0 Å². The van der Waals surface area contributed by atoms with Crippen LogP contribution >= 0.6 is 0 Å². The Morgan fingerprint density at radius 2 is 1.85 bits per heavy atom. The van der Waals surface area contributed by atoms with Crippen LogP contribution in [0.15, 0.2) is 0 Å². The fourth-order valence-electron chi connectivity index (χ4n) is 4.44. The van der Waals surface area contributed by atoms with Gasteiger partial charge in [0.15, 0.2) is 0 Å². The van der Waals surface area contributed by atoms with Crippen molar-refractivity contribution in [1.82, 2.24) is 15.1 Å². The molecule has 1 N–H and O–H groups in total. The molecule has 2 aliphatic heterocycles. The molecule has 2 bridgehead atoms. The lowest BCUT2D eigenvalue weighted by molar-refractivity contribution is 0.132. The van der Waals surface area contributed by atoms with Gasteiger partial charge in [-0.15, -0.1) is 0 Å². The summed E-state index contributed by atoms with van der Waals surface area (Å²) in [4.78, 5) is 5.47. The molecule has 0 aromatic carbocycles. The largest absolute Gasteiger partial charge is 0.313 e. The van der Waals surface area contributed by atoms with E-state index in [2.05, 4.69) is 42.9 Å². The number of rotatable bonds is 7. The number of likely N-dealkylation sites (tertiary alicyclic amines) is 1. The zero-order valence-corrected chi connectivity index (χ0v) is 14.1. The lowest BCUT2D eigenvalue weighted by atomic mass is 9.97. The molecule has 0 radical (unpaired) electrons. The number of nitrogens with one attached hydrogen (secondary N) is 1. The minimum Gasteiger partial charge on any atom is -0.313 e. The highest BCUT2D eigenvalue weighted by atomic mass is 15.3. The molecular formula is C17H35N3. The third-order valence-electron chi connectivity index (χ3n) is 5.60.